The lowest BCUT2D eigenvalue weighted by Crippen LogP contribution is -2.09. The van der Waals surface area contributed by atoms with E-state index in [9.17, 15) is 4.79 Å². The second-order valence-corrected chi connectivity index (χ2v) is 4.55. The van der Waals surface area contributed by atoms with E-state index < -0.39 is 0 Å². The van der Waals surface area contributed by atoms with Gasteiger partial charge in [-0.3, -0.25) is 4.79 Å². The zero-order valence-electron chi connectivity index (χ0n) is 8.73. The van der Waals surface area contributed by atoms with E-state index in [1.165, 1.54) is 0 Å². The van der Waals surface area contributed by atoms with Gasteiger partial charge in [-0.25, -0.2) is 0 Å². The Labute approximate surface area is 113 Å². The van der Waals surface area contributed by atoms with Crippen LogP contribution in [0.5, 0.6) is 0 Å². The molecule has 0 saturated heterocycles. The molecule has 0 aliphatic heterocycles. The average molecular weight is 326 g/mol. The number of esters is 1. The van der Waals surface area contributed by atoms with E-state index in [4.69, 9.17) is 27.9 Å². The molecule has 1 aromatic carbocycles. The molecule has 0 amide bonds. The summed E-state index contributed by atoms with van der Waals surface area (Å²) in [5, 5.41) is 1.66. The van der Waals surface area contributed by atoms with Crippen molar-refractivity contribution in [3.63, 3.8) is 0 Å². The molecule has 1 aromatic rings. The largest absolute Gasteiger partial charge is 0.466 e. The van der Waals surface area contributed by atoms with Gasteiger partial charge >= 0.3 is 5.97 Å². The van der Waals surface area contributed by atoms with Crippen molar-refractivity contribution in [2.45, 2.75) is 18.7 Å². The van der Waals surface area contributed by atoms with Crippen molar-refractivity contribution >= 4 is 45.1 Å². The highest BCUT2D eigenvalue weighted by molar-refractivity contribution is 9.08. The molecule has 0 unspecified atom stereocenters. The number of carbonyl (C=O) groups is 1. The number of benzene rings is 1. The van der Waals surface area contributed by atoms with E-state index in [0.29, 0.717) is 22.0 Å². The van der Waals surface area contributed by atoms with Crippen LogP contribution in [-0.4, -0.2) is 12.6 Å². The topological polar surface area (TPSA) is 26.3 Å². The van der Waals surface area contributed by atoms with Gasteiger partial charge in [-0.05, 0) is 30.2 Å². The van der Waals surface area contributed by atoms with Gasteiger partial charge in [0.2, 0.25) is 0 Å². The van der Waals surface area contributed by atoms with Gasteiger partial charge in [0.1, 0.15) is 0 Å². The molecule has 0 fully saturated rings. The Balaban J connectivity index is 2.98. The fourth-order valence-electron chi connectivity index (χ4n) is 1.33. The van der Waals surface area contributed by atoms with Crippen molar-refractivity contribution in [3.8, 4) is 0 Å². The third kappa shape index (κ3) is 3.65. The minimum absolute atomic E-state index is 0.171. The maximum absolute atomic E-state index is 11.4. The summed E-state index contributed by atoms with van der Waals surface area (Å²) < 4.78 is 4.88. The maximum Gasteiger partial charge on any atom is 0.310 e. The van der Waals surface area contributed by atoms with Crippen molar-refractivity contribution in [1.82, 2.24) is 0 Å². The quantitative estimate of drug-likeness (QED) is 0.618. The molecule has 88 valence electrons. The highest BCUT2D eigenvalue weighted by Gasteiger charge is 2.13. The highest BCUT2D eigenvalue weighted by atomic mass is 79.9. The van der Waals surface area contributed by atoms with Crippen molar-refractivity contribution < 1.29 is 9.53 Å². The lowest BCUT2D eigenvalue weighted by Gasteiger charge is -2.09. The molecule has 0 saturated carbocycles. The number of halogens is 3. The standard InChI is InChI=1S/C11H11BrCl2O2/c1-2-16-11(15)5-9-7(6-12)3-8(13)4-10(9)14/h3-4H,2,5-6H2,1H3. The Hall–Kier alpha value is -0.250. The first-order valence-corrected chi connectivity index (χ1v) is 6.64. The van der Waals surface area contributed by atoms with Crippen LogP contribution in [0.25, 0.3) is 0 Å². The predicted molar refractivity (Wildman–Crippen MR) is 69.4 cm³/mol. The number of ether oxygens (including phenoxy) is 1. The minimum Gasteiger partial charge on any atom is -0.466 e. The molecule has 0 spiro atoms. The Morgan fingerprint density at radius 1 is 1.44 bits per heavy atom. The summed E-state index contributed by atoms with van der Waals surface area (Å²) in [6, 6.07) is 3.42. The predicted octanol–water partition coefficient (Wildman–Crippen LogP) is 3.99. The van der Waals surface area contributed by atoms with E-state index in [1.54, 1.807) is 19.1 Å². The van der Waals surface area contributed by atoms with Gasteiger partial charge in [-0.2, -0.15) is 0 Å². The summed E-state index contributed by atoms with van der Waals surface area (Å²) >= 11 is 15.3. The summed E-state index contributed by atoms with van der Waals surface area (Å²) in [5.41, 5.74) is 1.67. The summed E-state index contributed by atoms with van der Waals surface area (Å²) in [6.07, 6.45) is 0.171. The van der Waals surface area contributed by atoms with Crippen LogP contribution in [0.1, 0.15) is 18.1 Å². The fraction of sp³-hybridized carbons (Fsp3) is 0.364. The second kappa shape index (κ2) is 6.48. The number of hydrogen-bond donors (Lipinski definition) is 0. The zero-order valence-corrected chi connectivity index (χ0v) is 11.8. The summed E-state index contributed by atoms with van der Waals surface area (Å²) in [7, 11) is 0. The van der Waals surface area contributed by atoms with E-state index in [1.807, 2.05) is 0 Å². The van der Waals surface area contributed by atoms with Crippen LogP contribution in [0.15, 0.2) is 12.1 Å². The molecular weight excluding hydrogens is 315 g/mol. The first-order valence-electron chi connectivity index (χ1n) is 4.76. The Kier molecular flexibility index (Phi) is 5.59. The Bertz CT molecular complexity index is 394. The zero-order chi connectivity index (χ0) is 12.1. The maximum atomic E-state index is 11.4. The number of carbonyl (C=O) groups excluding carboxylic acids is 1. The highest BCUT2D eigenvalue weighted by Crippen LogP contribution is 2.27. The molecule has 1 rings (SSSR count). The third-order valence-corrected chi connectivity index (χ3v) is 3.18. The van der Waals surface area contributed by atoms with E-state index in [-0.39, 0.29) is 12.4 Å². The van der Waals surface area contributed by atoms with Crippen LogP contribution >= 0.6 is 39.1 Å². The van der Waals surface area contributed by atoms with E-state index >= 15 is 0 Å². The molecule has 0 heterocycles. The smallest absolute Gasteiger partial charge is 0.310 e. The molecular formula is C11H11BrCl2O2. The lowest BCUT2D eigenvalue weighted by atomic mass is 10.1. The van der Waals surface area contributed by atoms with Crippen LogP contribution in [0.2, 0.25) is 10.0 Å². The van der Waals surface area contributed by atoms with Gasteiger partial charge < -0.3 is 4.74 Å². The number of alkyl halides is 1. The third-order valence-electron chi connectivity index (χ3n) is 2.02. The molecule has 16 heavy (non-hydrogen) atoms. The van der Waals surface area contributed by atoms with Crippen LogP contribution in [-0.2, 0) is 21.3 Å². The summed E-state index contributed by atoms with van der Waals surface area (Å²) in [6.45, 7) is 2.14. The van der Waals surface area contributed by atoms with Gasteiger partial charge in [0.05, 0.1) is 13.0 Å². The van der Waals surface area contributed by atoms with E-state index in [2.05, 4.69) is 15.9 Å². The monoisotopic (exact) mass is 324 g/mol. The van der Waals surface area contributed by atoms with Crippen LogP contribution < -0.4 is 0 Å². The van der Waals surface area contributed by atoms with Crippen molar-refractivity contribution in [2.75, 3.05) is 6.61 Å². The van der Waals surface area contributed by atoms with Crippen molar-refractivity contribution in [1.29, 1.82) is 0 Å². The molecule has 0 aliphatic carbocycles. The van der Waals surface area contributed by atoms with Gasteiger partial charge in [0.15, 0.2) is 0 Å². The lowest BCUT2D eigenvalue weighted by molar-refractivity contribution is -0.142. The SMILES string of the molecule is CCOC(=O)Cc1c(Cl)cc(Cl)cc1CBr. The van der Waals surface area contributed by atoms with Gasteiger partial charge in [-0.1, -0.05) is 39.1 Å². The molecule has 0 atom stereocenters. The van der Waals surface area contributed by atoms with Gasteiger partial charge in [0.25, 0.3) is 0 Å². The number of rotatable bonds is 4. The van der Waals surface area contributed by atoms with Crippen LogP contribution in [0, 0.1) is 0 Å². The Morgan fingerprint density at radius 3 is 2.69 bits per heavy atom. The van der Waals surface area contributed by atoms with Crippen LogP contribution in [0.3, 0.4) is 0 Å². The number of hydrogen-bond acceptors (Lipinski definition) is 2. The Morgan fingerprint density at radius 2 is 2.12 bits per heavy atom. The molecule has 0 radical (unpaired) electrons. The molecule has 0 N–H and O–H groups in total. The first-order chi connectivity index (χ1) is 7.58. The molecule has 2 nitrogen and oxygen atoms in total. The van der Waals surface area contributed by atoms with Gasteiger partial charge in [-0.15, -0.1) is 0 Å². The van der Waals surface area contributed by atoms with Crippen molar-refractivity contribution in [2.24, 2.45) is 0 Å². The second-order valence-electron chi connectivity index (χ2n) is 3.14. The summed E-state index contributed by atoms with van der Waals surface area (Å²) in [5.74, 6) is -0.283. The molecule has 0 aliphatic rings. The fourth-order valence-corrected chi connectivity index (χ4v) is 2.43. The van der Waals surface area contributed by atoms with Crippen LogP contribution in [0.4, 0.5) is 0 Å². The molecule has 5 heteroatoms. The van der Waals surface area contributed by atoms with E-state index in [0.717, 1.165) is 11.1 Å². The van der Waals surface area contributed by atoms with Gasteiger partial charge in [0, 0.05) is 15.4 Å². The average Bonchev–Trinajstić information content (AvgIpc) is 2.22. The normalized spacial score (nSPS) is 10.2. The first kappa shape index (κ1) is 13.8. The summed E-state index contributed by atoms with van der Waals surface area (Å²) in [4.78, 5) is 11.4. The molecule has 0 bridgehead atoms. The van der Waals surface area contributed by atoms with Crippen molar-refractivity contribution in [3.05, 3.63) is 33.3 Å². The minimum atomic E-state index is -0.283. The molecule has 0 aromatic heterocycles.